The van der Waals surface area contributed by atoms with Gasteiger partial charge in [-0.25, -0.2) is 4.98 Å². The Hall–Kier alpha value is -2.61. The van der Waals surface area contributed by atoms with Gasteiger partial charge in [0.1, 0.15) is 11.5 Å². The lowest BCUT2D eigenvalue weighted by atomic mass is 10.3. The van der Waals surface area contributed by atoms with Crippen molar-refractivity contribution in [3.63, 3.8) is 0 Å². The van der Waals surface area contributed by atoms with E-state index in [4.69, 9.17) is 5.73 Å². The first-order valence-electron chi connectivity index (χ1n) is 6.51. The molecule has 0 radical (unpaired) electrons. The molecule has 0 aromatic carbocycles. The summed E-state index contributed by atoms with van der Waals surface area (Å²) in [6.07, 6.45) is 4.96. The zero-order chi connectivity index (χ0) is 14.8. The van der Waals surface area contributed by atoms with E-state index in [-0.39, 0.29) is 11.3 Å². The molecule has 2 aromatic heterocycles. The van der Waals surface area contributed by atoms with E-state index in [0.29, 0.717) is 32.0 Å². The average Bonchev–Trinajstić information content (AvgIpc) is 2.48. The number of amides is 1. The van der Waals surface area contributed by atoms with Crippen molar-refractivity contribution < 1.29 is 4.79 Å². The van der Waals surface area contributed by atoms with Crippen LogP contribution < -0.4 is 11.3 Å². The Morgan fingerprint density at radius 1 is 1.33 bits per heavy atom. The maximum absolute atomic E-state index is 11.9. The van der Waals surface area contributed by atoms with Crippen LogP contribution in [0.5, 0.6) is 0 Å². The minimum atomic E-state index is -0.693. The number of hydrogen-bond donors (Lipinski definition) is 1. The number of nitrogens with zero attached hydrogens (tertiary/aromatic N) is 5. The van der Waals surface area contributed by atoms with Gasteiger partial charge in [0.05, 0.1) is 12.2 Å². The minimum Gasteiger partial charge on any atom is -0.364 e. The molecule has 0 aliphatic carbocycles. The third-order valence-electron chi connectivity index (χ3n) is 3.35. The standard InChI is InChI=1S/C13H14N6O2/c14-13(21)10-5-12(20)19-4-3-18(8-11(19)17-10)7-9-6-15-1-2-16-9/h1-2,5-6H,3-4,7-8H2,(H2,14,21). The van der Waals surface area contributed by atoms with E-state index in [1.54, 1.807) is 23.2 Å². The molecule has 2 aromatic rings. The molecule has 21 heavy (non-hydrogen) atoms. The van der Waals surface area contributed by atoms with Crippen molar-refractivity contribution in [1.82, 2.24) is 24.4 Å². The second-order valence-electron chi connectivity index (χ2n) is 4.82. The van der Waals surface area contributed by atoms with Crippen LogP contribution in [0.25, 0.3) is 0 Å². The van der Waals surface area contributed by atoms with E-state index in [1.807, 2.05) is 0 Å². The lowest BCUT2D eigenvalue weighted by molar-refractivity contribution is 0.0993. The molecule has 3 rings (SSSR count). The predicted octanol–water partition coefficient (Wildman–Crippen LogP) is -0.852. The molecule has 0 fully saturated rings. The lowest BCUT2D eigenvalue weighted by Crippen LogP contribution is -2.40. The molecule has 0 saturated carbocycles. The van der Waals surface area contributed by atoms with Crippen molar-refractivity contribution in [2.75, 3.05) is 6.54 Å². The normalized spacial score (nSPS) is 14.7. The van der Waals surface area contributed by atoms with Crippen LogP contribution in [0.4, 0.5) is 0 Å². The Morgan fingerprint density at radius 3 is 2.90 bits per heavy atom. The number of rotatable bonds is 3. The second-order valence-corrected chi connectivity index (χ2v) is 4.82. The van der Waals surface area contributed by atoms with Gasteiger partial charge in [0.25, 0.3) is 11.5 Å². The Morgan fingerprint density at radius 2 is 2.19 bits per heavy atom. The molecular weight excluding hydrogens is 272 g/mol. The number of primary amides is 1. The Balaban J connectivity index is 1.84. The van der Waals surface area contributed by atoms with Gasteiger partial charge < -0.3 is 5.73 Å². The van der Waals surface area contributed by atoms with Gasteiger partial charge in [0.2, 0.25) is 0 Å². The summed E-state index contributed by atoms with van der Waals surface area (Å²) in [4.78, 5) is 37.6. The third kappa shape index (κ3) is 2.79. The molecule has 8 nitrogen and oxygen atoms in total. The Labute approximate surface area is 120 Å². The van der Waals surface area contributed by atoms with Crippen LogP contribution in [-0.2, 0) is 19.6 Å². The molecule has 2 N–H and O–H groups in total. The summed E-state index contributed by atoms with van der Waals surface area (Å²) in [7, 11) is 0. The summed E-state index contributed by atoms with van der Waals surface area (Å²) in [5.74, 6) is -0.145. The van der Waals surface area contributed by atoms with Crippen LogP contribution in [0, 0.1) is 0 Å². The quantitative estimate of drug-likeness (QED) is 0.787. The van der Waals surface area contributed by atoms with Gasteiger partial charge >= 0.3 is 0 Å². The number of carbonyl (C=O) groups excluding carboxylic acids is 1. The van der Waals surface area contributed by atoms with Crippen LogP contribution in [0.3, 0.4) is 0 Å². The number of hydrogen-bond acceptors (Lipinski definition) is 6. The van der Waals surface area contributed by atoms with Gasteiger partial charge in [-0.1, -0.05) is 0 Å². The SMILES string of the molecule is NC(=O)c1cc(=O)n2c(n1)CN(Cc1cnccn1)CC2. The number of nitrogens with two attached hydrogens (primary N) is 1. The van der Waals surface area contributed by atoms with Crippen LogP contribution in [-0.4, -0.2) is 36.9 Å². The summed E-state index contributed by atoms with van der Waals surface area (Å²) in [6.45, 7) is 2.32. The van der Waals surface area contributed by atoms with E-state index in [0.717, 1.165) is 5.69 Å². The fourth-order valence-corrected chi connectivity index (χ4v) is 2.34. The van der Waals surface area contributed by atoms with Gasteiger partial charge in [0, 0.05) is 44.3 Å². The minimum absolute atomic E-state index is 0.00704. The van der Waals surface area contributed by atoms with Gasteiger partial charge in [0.15, 0.2) is 0 Å². The highest BCUT2D eigenvalue weighted by Gasteiger charge is 2.20. The molecule has 0 bridgehead atoms. The maximum atomic E-state index is 11.9. The van der Waals surface area contributed by atoms with Crippen molar-refractivity contribution in [2.24, 2.45) is 5.73 Å². The van der Waals surface area contributed by atoms with Crippen LogP contribution in [0.1, 0.15) is 22.0 Å². The summed E-state index contributed by atoms with van der Waals surface area (Å²) < 4.78 is 1.57. The monoisotopic (exact) mass is 286 g/mol. The molecule has 3 heterocycles. The van der Waals surface area contributed by atoms with Crippen LogP contribution >= 0.6 is 0 Å². The number of aromatic nitrogens is 4. The topological polar surface area (TPSA) is 107 Å². The molecular formula is C13H14N6O2. The lowest BCUT2D eigenvalue weighted by Gasteiger charge is -2.28. The summed E-state index contributed by atoms with van der Waals surface area (Å²) in [5.41, 5.74) is 5.80. The molecule has 1 aliphatic heterocycles. The van der Waals surface area contributed by atoms with Crippen LogP contribution in [0.2, 0.25) is 0 Å². The van der Waals surface area contributed by atoms with Gasteiger partial charge in [-0.15, -0.1) is 0 Å². The highest BCUT2D eigenvalue weighted by Crippen LogP contribution is 2.11. The van der Waals surface area contributed by atoms with Crippen molar-refractivity contribution in [3.05, 3.63) is 52.2 Å². The fourth-order valence-electron chi connectivity index (χ4n) is 2.34. The summed E-state index contributed by atoms with van der Waals surface area (Å²) in [6, 6.07) is 1.18. The number of carbonyl (C=O) groups is 1. The zero-order valence-corrected chi connectivity index (χ0v) is 11.3. The van der Waals surface area contributed by atoms with Crippen molar-refractivity contribution in [1.29, 1.82) is 0 Å². The molecule has 1 aliphatic rings. The molecule has 8 heteroatoms. The second kappa shape index (κ2) is 5.41. The third-order valence-corrected chi connectivity index (χ3v) is 3.35. The van der Waals surface area contributed by atoms with E-state index in [1.165, 1.54) is 6.07 Å². The largest absolute Gasteiger partial charge is 0.364 e. The highest BCUT2D eigenvalue weighted by atomic mass is 16.1. The Bertz CT molecular complexity index is 727. The van der Waals surface area contributed by atoms with Crippen molar-refractivity contribution >= 4 is 5.91 Å². The first kappa shape index (κ1) is 13.4. The molecule has 108 valence electrons. The van der Waals surface area contributed by atoms with Gasteiger partial charge in [-0.05, 0) is 0 Å². The molecule has 0 saturated heterocycles. The molecule has 0 atom stereocenters. The smallest absolute Gasteiger partial charge is 0.267 e. The van der Waals surface area contributed by atoms with Crippen LogP contribution in [0.15, 0.2) is 29.5 Å². The zero-order valence-electron chi connectivity index (χ0n) is 11.3. The average molecular weight is 286 g/mol. The number of fused-ring (bicyclic) bond motifs is 1. The van der Waals surface area contributed by atoms with E-state index in [9.17, 15) is 9.59 Å². The maximum Gasteiger partial charge on any atom is 0.267 e. The summed E-state index contributed by atoms with van der Waals surface area (Å²) in [5, 5.41) is 0. The molecule has 0 unspecified atom stereocenters. The predicted molar refractivity (Wildman–Crippen MR) is 73.2 cm³/mol. The van der Waals surface area contributed by atoms with E-state index in [2.05, 4.69) is 19.9 Å². The van der Waals surface area contributed by atoms with Crippen molar-refractivity contribution in [3.8, 4) is 0 Å². The molecule has 0 spiro atoms. The fraction of sp³-hybridized carbons (Fsp3) is 0.308. The molecule has 1 amide bonds. The first-order valence-corrected chi connectivity index (χ1v) is 6.51. The Kier molecular flexibility index (Phi) is 3.44. The first-order chi connectivity index (χ1) is 10.1. The van der Waals surface area contributed by atoms with E-state index < -0.39 is 5.91 Å². The van der Waals surface area contributed by atoms with Gasteiger partial charge in [-0.2, -0.15) is 0 Å². The van der Waals surface area contributed by atoms with Crippen molar-refractivity contribution in [2.45, 2.75) is 19.6 Å². The van der Waals surface area contributed by atoms with Gasteiger partial charge in [-0.3, -0.25) is 29.0 Å². The van der Waals surface area contributed by atoms with E-state index >= 15 is 0 Å². The highest BCUT2D eigenvalue weighted by molar-refractivity contribution is 5.90. The summed E-state index contributed by atoms with van der Waals surface area (Å²) >= 11 is 0.